The molecule has 0 saturated heterocycles. The van der Waals surface area contributed by atoms with Gasteiger partial charge in [-0.1, -0.05) is 48.5 Å². The lowest BCUT2D eigenvalue weighted by atomic mass is 9.40. The van der Waals surface area contributed by atoms with Crippen molar-refractivity contribution in [1.29, 1.82) is 0 Å². The van der Waals surface area contributed by atoms with Crippen LogP contribution in [0.2, 0.25) is 0 Å². The second-order valence-electron chi connectivity index (χ2n) is 8.96. The van der Waals surface area contributed by atoms with Crippen molar-refractivity contribution in [2.45, 2.75) is 20.5 Å². The maximum absolute atomic E-state index is 10.4. The first kappa shape index (κ1) is 35.2. The number of methoxy groups -OCH3 is 2. The topological polar surface area (TPSA) is 142 Å². The zero-order valence-electron chi connectivity index (χ0n) is 25.0. The Morgan fingerprint density at radius 3 is 1.77 bits per heavy atom. The molecule has 5 radical (unpaired) electrons. The number of rotatable bonds is 6. The maximum Gasteiger partial charge on any atom is 0.195 e. The Kier molecular flexibility index (Phi) is 14.3. The van der Waals surface area contributed by atoms with Crippen molar-refractivity contribution in [3.05, 3.63) is 90.0 Å². The fourth-order valence-electron chi connectivity index (χ4n) is 3.75. The molecule has 9 nitrogen and oxygen atoms in total. The molecular weight excluding hydrogens is 555 g/mol. The number of carbonyl (C=O) groups is 3. The Hall–Kier alpha value is -4.96. The minimum absolute atomic E-state index is 0.0350. The van der Waals surface area contributed by atoms with Gasteiger partial charge in [0.25, 0.3) is 0 Å². The molecule has 5 aromatic rings. The van der Waals surface area contributed by atoms with Crippen LogP contribution in [0.5, 0.6) is 11.5 Å². The first-order chi connectivity index (χ1) is 21.1. The molecule has 3 N–H and O–H groups in total. The predicted octanol–water partition coefficient (Wildman–Crippen LogP) is 4.06. The van der Waals surface area contributed by atoms with Crippen LogP contribution in [0.1, 0.15) is 29.8 Å². The Labute approximate surface area is 259 Å². The van der Waals surface area contributed by atoms with E-state index < -0.39 is 0 Å². The van der Waals surface area contributed by atoms with Gasteiger partial charge in [0.2, 0.25) is 0 Å². The van der Waals surface area contributed by atoms with Crippen LogP contribution in [0, 0.1) is 0 Å². The molecule has 3 aromatic carbocycles. The van der Waals surface area contributed by atoms with Gasteiger partial charge in [-0.15, -0.1) is 0 Å². The second kappa shape index (κ2) is 17.9. The molecule has 0 aliphatic carbocycles. The SMILES string of the molecule is CC(=O)C(C)=O.COc1cccc(C=O)c1N.COc1cccc2ccc(-c3ccc4cccc(CO)c4n3)nc12.[B][B][B]. The number of hydrogen-bond donors (Lipinski definition) is 2. The smallest absolute Gasteiger partial charge is 0.195 e. The van der Waals surface area contributed by atoms with Gasteiger partial charge in [0.05, 0.1) is 43.4 Å². The number of anilines is 1. The molecule has 2 aromatic heterocycles. The molecule has 0 bridgehead atoms. The summed E-state index contributed by atoms with van der Waals surface area (Å²) in [4.78, 5) is 39.4. The van der Waals surface area contributed by atoms with Crippen LogP contribution in [0.3, 0.4) is 0 Å². The number of aliphatic hydroxyl groups excluding tert-OH is 1. The number of benzene rings is 3. The number of nitrogens with zero attached hydrogens (tertiary/aromatic N) is 2. The van der Waals surface area contributed by atoms with Gasteiger partial charge >= 0.3 is 0 Å². The fourth-order valence-corrected chi connectivity index (χ4v) is 3.75. The van der Waals surface area contributed by atoms with Crippen LogP contribution in [0.25, 0.3) is 33.2 Å². The number of nitrogens with two attached hydrogens (primary N) is 1. The van der Waals surface area contributed by atoms with E-state index in [2.05, 4.69) is 15.5 Å². The van der Waals surface area contributed by atoms with E-state index >= 15 is 0 Å². The van der Waals surface area contributed by atoms with Crippen molar-refractivity contribution in [1.82, 2.24) is 9.97 Å². The van der Waals surface area contributed by atoms with Crippen LogP contribution in [0.15, 0.2) is 78.9 Å². The molecule has 12 heteroatoms. The Morgan fingerprint density at radius 1 is 0.795 bits per heavy atom. The van der Waals surface area contributed by atoms with E-state index in [-0.39, 0.29) is 18.2 Å². The number of aldehydes is 1. The van der Waals surface area contributed by atoms with E-state index in [4.69, 9.17) is 25.2 Å². The number of nitrogen functional groups attached to an aromatic ring is 1. The summed E-state index contributed by atoms with van der Waals surface area (Å²) >= 11 is 0. The van der Waals surface area contributed by atoms with Gasteiger partial charge in [-0.2, -0.15) is 0 Å². The molecule has 5 rings (SSSR count). The van der Waals surface area contributed by atoms with Gasteiger partial charge in [0.1, 0.15) is 17.0 Å². The Bertz CT molecular complexity index is 1640. The summed E-state index contributed by atoms with van der Waals surface area (Å²) in [6.07, 6.45) is 0.706. The average molecular weight is 586 g/mol. The molecule has 0 fully saturated rings. The standard InChI is InChI=1S/C20H16N2O2.C8H9NO2.C4H6O2.B3/c1-24-18-7-3-5-14-9-11-17(22-20(14)18)16-10-8-13-4-2-6-15(12-23)19(13)21-16;1-11-7-4-2-3-6(5-10)8(7)9;1-3(5)4(2)6;1-3-2/h2-11,23H,12H2,1H3;2-5H,9H2,1H3;1-2H3;. The molecule has 0 unspecified atom stereocenters. The number of para-hydroxylation sites is 3. The van der Waals surface area contributed by atoms with Gasteiger partial charge in [-0.3, -0.25) is 14.4 Å². The van der Waals surface area contributed by atoms with E-state index in [1.54, 1.807) is 25.3 Å². The summed E-state index contributed by atoms with van der Waals surface area (Å²) in [5.41, 5.74) is 10.4. The first-order valence-electron chi connectivity index (χ1n) is 13.2. The molecule has 0 aliphatic rings. The quantitative estimate of drug-likeness (QED) is 0.130. The summed E-state index contributed by atoms with van der Waals surface area (Å²) in [6, 6.07) is 24.7. The zero-order chi connectivity index (χ0) is 32.6. The number of hydrogen-bond acceptors (Lipinski definition) is 9. The average Bonchev–Trinajstić information content (AvgIpc) is 3.04. The van der Waals surface area contributed by atoms with E-state index in [0.717, 1.165) is 51.6 Å². The summed E-state index contributed by atoms with van der Waals surface area (Å²) < 4.78 is 10.3. The monoisotopic (exact) mass is 586 g/mol. The molecule has 0 saturated carbocycles. The molecule has 0 aliphatic heterocycles. The van der Waals surface area contributed by atoms with E-state index in [1.165, 1.54) is 21.0 Å². The third kappa shape index (κ3) is 9.54. The maximum atomic E-state index is 10.4. The molecule has 44 heavy (non-hydrogen) atoms. The van der Waals surface area contributed by atoms with Crippen molar-refractivity contribution >= 4 is 67.9 Å². The normalized spacial score (nSPS) is 9.66. The summed E-state index contributed by atoms with van der Waals surface area (Å²) in [5, 5.41) is 11.6. The largest absolute Gasteiger partial charge is 0.495 e. The fraction of sp³-hybridized carbons (Fsp3) is 0.156. The van der Waals surface area contributed by atoms with Crippen LogP contribution >= 0.6 is 0 Å². The van der Waals surface area contributed by atoms with Crippen molar-refractivity contribution in [2.24, 2.45) is 0 Å². The first-order valence-corrected chi connectivity index (χ1v) is 13.2. The van der Waals surface area contributed by atoms with Gasteiger partial charge in [-0.05, 0) is 30.3 Å². The lowest BCUT2D eigenvalue weighted by molar-refractivity contribution is -0.134. The highest BCUT2D eigenvalue weighted by atomic mass is 16.5. The highest BCUT2D eigenvalue weighted by Crippen LogP contribution is 2.28. The van der Waals surface area contributed by atoms with Gasteiger partial charge in [0.15, 0.2) is 17.9 Å². The van der Waals surface area contributed by atoms with Gasteiger partial charge < -0.3 is 20.3 Å². The predicted molar refractivity (Wildman–Crippen MR) is 176 cm³/mol. The van der Waals surface area contributed by atoms with Gasteiger partial charge in [-0.25, -0.2) is 9.97 Å². The summed E-state index contributed by atoms with van der Waals surface area (Å²) in [5.74, 6) is 0.519. The minimum atomic E-state index is -0.380. The second-order valence-corrected chi connectivity index (χ2v) is 8.96. The molecule has 219 valence electrons. The van der Waals surface area contributed by atoms with Crippen molar-refractivity contribution in [2.75, 3.05) is 20.0 Å². The lowest BCUT2D eigenvalue weighted by Crippen LogP contribution is -2.01. The van der Waals surface area contributed by atoms with Crippen LogP contribution in [-0.4, -0.2) is 69.7 Å². The number of Topliss-reactive ketones (excluding diaryl/α,β-unsaturated/α-hetero) is 2. The highest BCUT2D eigenvalue weighted by Gasteiger charge is 2.09. The lowest BCUT2D eigenvalue weighted by Gasteiger charge is -2.08. The molecule has 0 atom stereocenters. The zero-order valence-corrected chi connectivity index (χ0v) is 25.0. The van der Waals surface area contributed by atoms with Crippen LogP contribution < -0.4 is 15.2 Å². The number of aromatic nitrogens is 2. The van der Waals surface area contributed by atoms with Crippen LogP contribution in [-0.2, 0) is 16.2 Å². The van der Waals surface area contributed by atoms with Crippen LogP contribution in [0.4, 0.5) is 5.69 Å². The van der Waals surface area contributed by atoms with Crippen molar-refractivity contribution in [3.8, 4) is 22.9 Å². The van der Waals surface area contributed by atoms with E-state index in [0.29, 0.717) is 23.3 Å². The number of ketones is 2. The van der Waals surface area contributed by atoms with E-state index in [1.807, 2.05) is 60.7 Å². The molecule has 2 heterocycles. The number of aliphatic hydroxyl groups is 1. The van der Waals surface area contributed by atoms with Gasteiger partial charge in [0, 0.05) is 58.3 Å². The molecular formula is C32H31B3N3O6. The molecule has 0 amide bonds. The van der Waals surface area contributed by atoms with Crippen molar-refractivity contribution < 1.29 is 29.0 Å². The number of pyridine rings is 2. The van der Waals surface area contributed by atoms with E-state index in [9.17, 15) is 19.5 Å². The highest BCUT2D eigenvalue weighted by molar-refractivity contribution is 7.17. The minimum Gasteiger partial charge on any atom is -0.495 e. The molecule has 0 spiro atoms. The third-order valence-corrected chi connectivity index (χ3v) is 6.08. The number of ether oxygens (including phenoxy) is 2. The third-order valence-electron chi connectivity index (χ3n) is 6.08. The Morgan fingerprint density at radius 2 is 1.27 bits per heavy atom. The summed E-state index contributed by atoms with van der Waals surface area (Å²) in [6.45, 7) is 2.47. The van der Waals surface area contributed by atoms with Crippen molar-refractivity contribution in [3.63, 3.8) is 0 Å². The number of carbonyl (C=O) groups excluding carboxylic acids is 3. The Balaban J connectivity index is 0.000000280. The summed E-state index contributed by atoms with van der Waals surface area (Å²) in [7, 11) is 13.2. The number of fused-ring (bicyclic) bond motifs is 2.